The molecule has 0 aliphatic rings. The van der Waals surface area contributed by atoms with Gasteiger partial charge in [-0.3, -0.25) is 9.59 Å². The van der Waals surface area contributed by atoms with Gasteiger partial charge < -0.3 is 10.4 Å². The summed E-state index contributed by atoms with van der Waals surface area (Å²) in [5, 5.41) is 15.8. The zero-order valence-electron chi connectivity index (χ0n) is 12.3. The number of rotatable bonds is 5. The Morgan fingerprint density at radius 1 is 1.43 bits per heavy atom. The second-order valence-corrected chi connectivity index (χ2v) is 4.99. The molecular weight excluding hydrogens is 272 g/mol. The molecule has 0 aromatic carbocycles. The molecule has 0 bridgehead atoms. The lowest BCUT2D eigenvalue weighted by Gasteiger charge is -2.10. The van der Waals surface area contributed by atoms with Gasteiger partial charge in [-0.25, -0.2) is 9.50 Å². The van der Waals surface area contributed by atoms with E-state index in [0.29, 0.717) is 17.6 Å². The van der Waals surface area contributed by atoms with E-state index in [1.165, 1.54) is 6.20 Å². The molecule has 1 atom stereocenters. The third-order valence-corrected chi connectivity index (χ3v) is 3.37. The lowest BCUT2D eigenvalue weighted by molar-refractivity contribution is -0.141. The normalized spacial score (nSPS) is 12.3. The van der Waals surface area contributed by atoms with Gasteiger partial charge in [-0.15, -0.1) is 0 Å². The Hall–Kier alpha value is -2.44. The Morgan fingerprint density at radius 2 is 2.14 bits per heavy atom. The number of aliphatic carboxylic acids is 1. The van der Waals surface area contributed by atoms with Crippen LogP contribution in [0.1, 0.15) is 35.1 Å². The van der Waals surface area contributed by atoms with Gasteiger partial charge in [0.2, 0.25) is 0 Å². The van der Waals surface area contributed by atoms with Crippen LogP contribution in [0.4, 0.5) is 0 Å². The maximum absolute atomic E-state index is 12.2. The molecule has 7 nitrogen and oxygen atoms in total. The summed E-state index contributed by atoms with van der Waals surface area (Å²) in [5.41, 5.74) is 2.51. The predicted octanol–water partition coefficient (Wildman–Crippen LogP) is 1.19. The van der Waals surface area contributed by atoms with E-state index >= 15 is 0 Å². The van der Waals surface area contributed by atoms with Crippen LogP contribution in [0.5, 0.6) is 0 Å². The lowest BCUT2D eigenvalue weighted by Crippen LogP contribution is -2.32. The van der Waals surface area contributed by atoms with E-state index in [0.717, 1.165) is 11.4 Å². The SMILES string of the molecule is CCC(CNC(=O)c1cnn2c(C)cc(C)nc12)C(=O)O. The molecule has 0 aliphatic heterocycles. The Bertz CT molecular complexity index is 693. The van der Waals surface area contributed by atoms with E-state index in [4.69, 9.17) is 5.11 Å². The average Bonchev–Trinajstić information content (AvgIpc) is 2.82. The van der Waals surface area contributed by atoms with Gasteiger partial charge >= 0.3 is 5.97 Å². The fraction of sp³-hybridized carbons (Fsp3) is 0.429. The second-order valence-electron chi connectivity index (χ2n) is 4.99. The van der Waals surface area contributed by atoms with Gasteiger partial charge in [0.05, 0.1) is 12.1 Å². The van der Waals surface area contributed by atoms with Gasteiger partial charge in [0.15, 0.2) is 5.65 Å². The van der Waals surface area contributed by atoms with Crippen molar-refractivity contribution < 1.29 is 14.7 Å². The number of carbonyl (C=O) groups is 2. The minimum atomic E-state index is -0.914. The number of amides is 1. The van der Waals surface area contributed by atoms with E-state index in [9.17, 15) is 9.59 Å². The molecule has 0 aliphatic carbocycles. The summed E-state index contributed by atoms with van der Waals surface area (Å²) < 4.78 is 1.59. The number of aromatic nitrogens is 3. The summed E-state index contributed by atoms with van der Waals surface area (Å²) in [6, 6.07) is 1.87. The van der Waals surface area contributed by atoms with Crippen molar-refractivity contribution in [3.8, 4) is 0 Å². The second kappa shape index (κ2) is 5.90. The molecule has 2 aromatic heterocycles. The van der Waals surface area contributed by atoms with Crippen molar-refractivity contribution >= 4 is 17.5 Å². The van der Waals surface area contributed by atoms with Crippen molar-refractivity contribution in [1.82, 2.24) is 19.9 Å². The lowest BCUT2D eigenvalue weighted by atomic mass is 10.1. The quantitative estimate of drug-likeness (QED) is 0.862. The van der Waals surface area contributed by atoms with Gasteiger partial charge in [0.1, 0.15) is 5.56 Å². The fourth-order valence-corrected chi connectivity index (χ4v) is 2.15. The van der Waals surface area contributed by atoms with Gasteiger partial charge in [0, 0.05) is 17.9 Å². The van der Waals surface area contributed by atoms with Crippen LogP contribution in [-0.2, 0) is 4.79 Å². The third kappa shape index (κ3) is 3.01. The van der Waals surface area contributed by atoms with E-state index < -0.39 is 11.9 Å². The van der Waals surface area contributed by atoms with Gasteiger partial charge in [-0.1, -0.05) is 6.92 Å². The van der Waals surface area contributed by atoms with E-state index in [2.05, 4.69) is 15.4 Å². The number of carboxylic acids is 1. The molecule has 0 spiro atoms. The Kier molecular flexibility index (Phi) is 4.21. The van der Waals surface area contributed by atoms with Crippen molar-refractivity contribution in [2.24, 2.45) is 5.92 Å². The molecular formula is C14H18N4O3. The van der Waals surface area contributed by atoms with Crippen molar-refractivity contribution in [2.75, 3.05) is 6.54 Å². The van der Waals surface area contributed by atoms with Crippen molar-refractivity contribution in [3.63, 3.8) is 0 Å². The average molecular weight is 290 g/mol. The molecule has 2 heterocycles. The zero-order valence-corrected chi connectivity index (χ0v) is 12.3. The molecule has 1 unspecified atom stereocenters. The van der Waals surface area contributed by atoms with Crippen LogP contribution in [0.25, 0.3) is 5.65 Å². The number of aryl methyl sites for hydroxylation is 2. The first-order valence-corrected chi connectivity index (χ1v) is 6.77. The number of carboxylic acid groups (broad SMARTS) is 1. The topological polar surface area (TPSA) is 96.6 Å². The van der Waals surface area contributed by atoms with Gasteiger partial charge in [-0.05, 0) is 26.3 Å². The summed E-state index contributed by atoms with van der Waals surface area (Å²) in [6.45, 7) is 5.59. The molecule has 21 heavy (non-hydrogen) atoms. The molecule has 1 amide bonds. The molecule has 2 rings (SSSR count). The molecule has 112 valence electrons. The number of nitrogens with zero attached hydrogens (tertiary/aromatic N) is 3. The van der Waals surface area contributed by atoms with Crippen molar-refractivity contribution in [3.05, 3.63) is 29.2 Å². The Balaban J connectivity index is 2.22. The summed E-state index contributed by atoms with van der Waals surface area (Å²) >= 11 is 0. The highest BCUT2D eigenvalue weighted by atomic mass is 16.4. The number of hydrogen-bond acceptors (Lipinski definition) is 4. The molecule has 2 aromatic rings. The van der Waals surface area contributed by atoms with Crippen LogP contribution in [0, 0.1) is 19.8 Å². The van der Waals surface area contributed by atoms with Crippen LogP contribution < -0.4 is 5.32 Å². The maximum Gasteiger partial charge on any atom is 0.308 e. The minimum absolute atomic E-state index is 0.0901. The molecule has 0 radical (unpaired) electrons. The van der Waals surface area contributed by atoms with Crippen molar-refractivity contribution in [1.29, 1.82) is 0 Å². The molecule has 7 heteroatoms. The van der Waals surface area contributed by atoms with Crippen molar-refractivity contribution in [2.45, 2.75) is 27.2 Å². The summed E-state index contributed by atoms with van der Waals surface area (Å²) in [5.74, 6) is -1.86. The van der Waals surface area contributed by atoms with E-state index in [1.807, 2.05) is 19.9 Å². The number of carbonyl (C=O) groups excluding carboxylic acids is 1. The smallest absolute Gasteiger partial charge is 0.308 e. The van der Waals surface area contributed by atoms with Crippen LogP contribution in [0.3, 0.4) is 0 Å². The Morgan fingerprint density at radius 3 is 2.76 bits per heavy atom. The van der Waals surface area contributed by atoms with Crippen LogP contribution >= 0.6 is 0 Å². The first-order valence-electron chi connectivity index (χ1n) is 6.77. The summed E-state index contributed by atoms with van der Waals surface area (Å²) in [6.07, 6.45) is 1.91. The summed E-state index contributed by atoms with van der Waals surface area (Å²) in [7, 11) is 0. The molecule has 2 N–H and O–H groups in total. The number of nitrogens with one attached hydrogen (secondary N) is 1. The van der Waals surface area contributed by atoms with Gasteiger partial charge in [-0.2, -0.15) is 5.10 Å². The molecule has 0 saturated carbocycles. The van der Waals surface area contributed by atoms with Crippen LogP contribution in [-0.4, -0.2) is 38.1 Å². The minimum Gasteiger partial charge on any atom is -0.481 e. The zero-order chi connectivity index (χ0) is 15.6. The van der Waals surface area contributed by atoms with E-state index in [1.54, 1.807) is 11.4 Å². The number of hydrogen-bond donors (Lipinski definition) is 2. The summed E-state index contributed by atoms with van der Waals surface area (Å²) in [4.78, 5) is 27.5. The van der Waals surface area contributed by atoms with Gasteiger partial charge in [0.25, 0.3) is 5.91 Å². The standard InChI is InChI=1S/C14H18N4O3/c1-4-10(14(20)21)6-15-13(19)11-7-16-18-9(3)5-8(2)17-12(11)18/h5,7,10H,4,6H2,1-3H3,(H,15,19)(H,20,21). The molecule has 0 saturated heterocycles. The Labute approximate surface area is 122 Å². The highest BCUT2D eigenvalue weighted by Crippen LogP contribution is 2.12. The first kappa shape index (κ1) is 15.0. The predicted molar refractivity (Wildman–Crippen MR) is 76.2 cm³/mol. The van der Waals surface area contributed by atoms with E-state index in [-0.39, 0.29) is 12.5 Å². The maximum atomic E-state index is 12.2. The molecule has 0 fully saturated rings. The fourth-order valence-electron chi connectivity index (χ4n) is 2.15. The van der Waals surface area contributed by atoms with Crippen LogP contribution in [0.2, 0.25) is 0 Å². The highest BCUT2D eigenvalue weighted by molar-refractivity contribution is 5.99. The largest absolute Gasteiger partial charge is 0.481 e. The third-order valence-electron chi connectivity index (χ3n) is 3.37. The van der Waals surface area contributed by atoms with Crippen LogP contribution in [0.15, 0.2) is 12.3 Å². The first-order chi connectivity index (χ1) is 9.93. The number of fused-ring (bicyclic) bond motifs is 1. The monoisotopic (exact) mass is 290 g/mol. The highest BCUT2D eigenvalue weighted by Gasteiger charge is 2.19.